The zero-order valence-electron chi connectivity index (χ0n) is 12.3. The second-order valence-electron chi connectivity index (χ2n) is 5.71. The van der Waals surface area contributed by atoms with Crippen LogP contribution in [0.3, 0.4) is 0 Å². The molecule has 106 valence electrons. The molecule has 4 nitrogen and oxygen atoms in total. The largest absolute Gasteiger partial charge is 0.324 e. The summed E-state index contributed by atoms with van der Waals surface area (Å²) in [7, 11) is 0. The predicted octanol–water partition coefficient (Wildman–Crippen LogP) is 2.62. The highest BCUT2D eigenvalue weighted by molar-refractivity contribution is 5.95. The highest BCUT2D eigenvalue weighted by atomic mass is 16.2. The van der Waals surface area contributed by atoms with Crippen molar-refractivity contribution in [3.8, 4) is 6.07 Å². The lowest BCUT2D eigenvalue weighted by Gasteiger charge is -2.27. The normalized spacial score (nSPS) is 24.1. The number of carbonyl (C=O) groups is 1. The van der Waals surface area contributed by atoms with Crippen molar-refractivity contribution >= 4 is 11.6 Å². The topological polar surface area (TPSA) is 56.1 Å². The summed E-state index contributed by atoms with van der Waals surface area (Å²) in [6.45, 7) is 7.26. The summed E-state index contributed by atoms with van der Waals surface area (Å²) in [4.78, 5) is 14.6. The second kappa shape index (κ2) is 6.06. The van der Waals surface area contributed by atoms with Crippen LogP contribution in [-0.2, 0) is 4.79 Å². The Hall–Kier alpha value is -1.86. The number of carbonyl (C=O) groups excluding carboxylic acids is 1. The van der Waals surface area contributed by atoms with Gasteiger partial charge in [-0.2, -0.15) is 5.26 Å². The summed E-state index contributed by atoms with van der Waals surface area (Å²) in [5, 5.41) is 11.9. The van der Waals surface area contributed by atoms with Crippen LogP contribution in [0.15, 0.2) is 24.3 Å². The van der Waals surface area contributed by atoms with Crippen LogP contribution in [0.2, 0.25) is 0 Å². The molecule has 1 fully saturated rings. The van der Waals surface area contributed by atoms with Crippen LogP contribution in [0.25, 0.3) is 0 Å². The Morgan fingerprint density at radius 2 is 2.15 bits per heavy atom. The molecule has 0 aliphatic carbocycles. The van der Waals surface area contributed by atoms with Crippen LogP contribution in [0, 0.1) is 17.2 Å². The summed E-state index contributed by atoms with van der Waals surface area (Å²) in [6, 6.07) is 9.43. The van der Waals surface area contributed by atoms with Gasteiger partial charge in [0, 0.05) is 12.6 Å². The van der Waals surface area contributed by atoms with Crippen molar-refractivity contribution in [1.29, 1.82) is 5.26 Å². The average molecular weight is 271 g/mol. The van der Waals surface area contributed by atoms with Crippen molar-refractivity contribution in [2.24, 2.45) is 5.92 Å². The van der Waals surface area contributed by atoms with Crippen LogP contribution in [0.4, 0.5) is 5.69 Å². The third kappa shape index (κ3) is 3.00. The molecular weight excluding hydrogens is 250 g/mol. The maximum absolute atomic E-state index is 12.4. The van der Waals surface area contributed by atoms with Crippen LogP contribution < -0.4 is 5.32 Å². The van der Waals surface area contributed by atoms with E-state index in [4.69, 9.17) is 5.26 Å². The van der Waals surface area contributed by atoms with Gasteiger partial charge < -0.3 is 5.32 Å². The van der Waals surface area contributed by atoms with E-state index in [-0.39, 0.29) is 11.9 Å². The predicted molar refractivity (Wildman–Crippen MR) is 79.2 cm³/mol. The zero-order chi connectivity index (χ0) is 14.7. The number of para-hydroxylation sites is 1. The van der Waals surface area contributed by atoms with Gasteiger partial charge in [0.05, 0.1) is 17.3 Å². The number of amides is 1. The van der Waals surface area contributed by atoms with Crippen LogP contribution >= 0.6 is 0 Å². The number of nitrogens with zero attached hydrogens (tertiary/aromatic N) is 2. The van der Waals surface area contributed by atoms with Gasteiger partial charge in [-0.1, -0.05) is 19.1 Å². The van der Waals surface area contributed by atoms with E-state index in [1.807, 2.05) is 13.0 Å². The third-order valence-electron chi connectivity index (χ3n) is 4.01. The van der Waals surface area contributed by atoms with Crippen LogP contribution in [-0.4, -0.2) is 29.4 Å². The minimum atomic E-state index is -0.179. The molecule has 2 rings (SSSR count). The first-order valence-electron chi connectivity index (χ1n) is 7.08. The van der Waals surface area contributed by atoms with Crippen molar-refractivity contribution in [1.82, 2.24) is 4.90 Å². The number of rotatable bonds is 3. The van der Waals surface area contributed by atoms with Crippen LogP contribution in [0.1, 0.15) is 32.8 Å². The molecular formula is C16H21N3O. The second-order valence-corrected chi connectivity index (χ2v) is 5.71. The van der Waals surface area contributed by atoms with E-state index in [1.54, 1.807) is 18.2 Å². The number of anilines is 1. The molecule has 1 saturated heterocycles. The zero-order valence-corrected chi connectivity index (χ0v) is 12.3. The van der Waals surface area contributed by atoms with Gasteiger partial charge in [0.1, 0.15) is 6.07 Å². The Morgan fingerprint density at radius 3 is 2.75 bits per heavy atom. The molecule has 1 amide bonds. The fraction of sp³-hybridized carbons (Fsp3) is 0.500. The highest BCUT2D eigenvalue weighted by Crippen LogP contribution is 2.25. The van der Waals surface area contributed by atoms with Gasteiger partial charge in [-0.3, -0.25) is 9.69 Å². The molecule has 0 saturated carbocycles. The maximum Gasteiger partial charge on any atom is 0.241 e. The number of likely N-dealkylation sites (tertiary alicyclic amines) is 1. The summed E-state index contributed by atoms with van der Waals surface area (Å²) in [5.74, 6) is 0.584. The SMILES string of the molecule is CC1CC(C)N(C(C)C(=O)Nc2ccccc2C#N)C1. The molecule has 1 N–H and O–H groups in total. The smallest absolute Gasteiger partial charge is 0.241 e. The van der Waals surface area contributed by atoms with Crippen molar-refractivity contribution in [3.63, 3.8) is 0 Å². The molecule has 0 radical (unpaired) electrons. The molecule has 1 aromatic carbocycles. The molecule has 0 aromatic heterocycles. The number of benzene rings is 1. The minimum Gasteiger partial charge on any atom is -0.324 e. The Bertz CT molecular complexity index is 535. The van der Waals surface area contributed by atoms with E-state index in [0.717, 1.165) is 13.0 Å². The highest BCUT2D eigenvalue weighted by Gasteiger charge is 2.32. The quantitative estimate of drug-likeness (QED) is 0.919. The van der Waals surface area contributed by atoms with Crippen molar-refractivity contribution < 1.29 is 4.79 Å². The van der Waals surface area contributed by atoms with E-state index in [2.05, 4.69) is 30.1 Å². The van der Waals surface area contributed by atoms with E-state index < -0.39 is 0 Å². The fourth-order valence-electron chi connectivity index (χ4n) is 2.95. The lowest BCUT2D eigenvalue weighted by molar-refractivity contribution is -0.121. The van der Waals surface area contributed by atoms with E-state index in [1.165, 1.54) is 0 Å². The minimum absolute atomic E-state index is 0.0475. The molecule has 3 unspecified atom stereocenters. The lowest BCUT2D eigenvalue weighted by atomic mass is 10.1. The van der Waals surface area contributed by atoms with E-state index in [0.29, 0.717) is 23.2 Å². The molecule has 20 heavy (non-hydrogen) atoms. The van der Waals surface area contributed by atoms with Crippen LogP contribution in [0.5, 0.6) is 0 Å². The Morgan fingerprint density at radius 1 is 1.45 bits per heavy atom. The van der Waals surface area contributed by atoms with E-state index >= 15 is 0 Å². The van der Waals surface area contributed by atoms with Gasteiger partial charge in [0.2, 0.25) is 5.91 Å². The summed E-state index contributed by atoms with van der Waals surface area (Å²) >= 11 is 0. The average Bonchev–Trinajstić information content (AvgIpc) is 2.77. The Kier molecular flexibility index (Phi) is 4.41. The van der Waals surface area contributed by atoms with Crippen molar-refractivity contribution in [2.75, 3.05) is 11.9 Å². The number of nitrogens with one attached hydrogen (secondary N) is 1. The van der Waals surface area contributed by atoms with Gasteiger partial charge >= 0.3 is 0 Å². The molecule has 1 heterocycles. The van der Waals surface area contributed by atoms with Gasteiger partial charge in [-0.05, 0) is 38.3 Å². The number of hydrogen-bond acceptors (Lipinski definition) is 3. The standard InChI is InChI=1S/C16H21N3O/c1-11-8-12(2)19(10-11)13(3)16(20)18-15-7-5-4-6-14(15)9-17/h4-7,11-13H,8,10H2,1-3H3,(H,18,20). The maximum atomic E-state index is 12.4. The molecule has 1 aliphatic rings. The van der Waals surface area contributed by atoms with Gasteiger partial charge in [0.25, 0.3) is 0 Å². The third-order valence-corrected chi connectivity index (χ3v) is 4.01. The molecule has 4 heteroatoms. The summed E-state index contributed by atoms with van der Waals surface area (Å²) in [6.07, 6.45) is 1.13. The lowest BCUT2D eigenvalue weighted by Crippen LogP contribution is -2.43. The van der Waals surface area contributed by atoms with Crippen molar-refractivity contribution in [2.45, 2.75) is 39.3 Å². The monoisotopic (exact) mass is 271 g/mol. The molecule has 3 atom stereocenters. The molecule has 0 bridgehead atoms. The number of nitriles is 1. The Balaban J connectivity index is 2.07. The molecule has 1 aromatic rings. The molecule has 1 aliphatic heterocycles. The van der Waals surface area contributed by atoms with Gasteiger partial charge in [-0.25, -0.2) is 0 Å². The first-order valence-corrected chi connectivity index (χ1v) is 7.08. The van der Waals surface area contributed by atoms with Crippen molar-refractivity contribution in [3.05, 3.63) is 29.8 Å². The fourth-order valence-corrected chi connectivity index (χ4v) is 2.95. The molecule has 0 spiro atoms. The van der Waals surface area contributed by atoms with Gasteiger partial charge in [-0.15, -0.1) is 0 Å². The first kappa shape index (κ1) is 14.5. The van der Waals surface area contributed by atoms with Gasteiger partial charge in [0.15, 0.2) is 0 Å². The first-order chi connectivity index (χ1) is 9.52. The Labute approximate surface area is 120 Å². The summed E-state index contributed by atoms with van der Waals surface area (Å²) < 4.78 is 0. The number of hydrogen-bond donors (Lipinski definition) is 1. The van der Waals surface area contributed by atoms with E-state index in [9.17, 15) is 4.79 Å². The summed E-state index contributed by atoms with van der Waals surface area (Å²) in [5.41, 5.74) is 1.09.